The molecule has 0 aliphatic heterocycles. The molecule has 2 aromatic heterocycles. The minimum Gasteiger partial charge on any atom is -0.497 e. The molecule has 0 aliphatic carbocycles. The van der Waals surface area contributed by atoms with Crippen molar-refractivity contribution in [3.05, 3.63) is 71.4 Å². The molecule has 154 valence electrons. The van der Waals surface area contributed by atoms with Crippen molar-refractivity contribution >= 4 is 22.6 Å². The van der Waals surface area contributed by atoms with Crippen molar-refractivity contribution in [2.45, 2.75) is 6.92 Å². The van der Waals surface area contributed by atoms with Crippen LogP contribution in [0.25, 0.3) is 16.7 Å². The Hall–Kier alpha value is -4.38. The van der Waals surface area contributed by atoms with Crippen LogP contribution in [-0.2, 0) is 0 Å². The van der Waals surface area contributed by atoms with Crippen LogP contribution < -0.4 is 14.8 Å². The summed E-state index contributed by atoms with van der Waals surface area (Å²) < 4.78 is 12.0. The molecule has 0 spiro atoms. The Bertz CT molecular complexity index is 1320. The van der Waals surface area contributed by atoms with Gasteiger partial charge in [-0.15, -0.1) is 0 Å². The number of fused-ring (bicyclic) bond motifs is 1. The third-order valence-electron chi connectivity index (χ3n) is 4.91. The van der Waals surface area contributed by atoms with Crippen LogP contribution in [0.1, 0.15) is 21.5 Å². The summed E-state index contributed by atoms with van der Waals surface area (Å²) in [6, 6.07) is 16.3. The number of rotatable bonds is 5. The largest absolute Gasteiger partial charge is 0.497 e. The molecule has 0 atom stereocenters. The fourth-order valence-corrected chi connectivity index (χ4v) is 3.29. The molecule has 0 saturated heterocycles. The van der Waals surface area contributed by atoms with Crippen molar-refractivity contribution < 1.29 is 14.3 Å². The van der Waals surface area contributed by atoms with Gasteiger partial charge in [0.25, 0.3) is 5.91 Å². The second kappa shape index (κ2) is 8.16. The molecule has 0 radical (unpaired) electrons. The van der Waals surface area contributed by atoms with Crippen LogP contribution in [-0.4, -0.2) is 34.9 Å². The number of para-hydroxylation sites is 1. The first-order valence-electron chi connectivity index (χ1n) is 9.44. The van der Waals surface area contributed by atoms with E-state index in [0.717, 1.165) is 10.9 Å². The Morgan fingerprint density at radius 3 is 2.58 bits per heavy atom. The molecule has 8 heteroatoms. The van der Waals surface area contributed by atoms with Crippen LogP contribution in [0, 0.1) is 18.3 Å². The quantitative estimate of drug-likeness (QED) is 0.533. The van der Waals surface area contributed by atoms with E-state index in [1.807, 2.05) is 31.2 Å². The number of pyridine rings is 1. The smallest absolute Gasteiger partial charge is 0.256 e. The second-order valence-corrected chi connectivity index (χ2v) is 6.77. The van der Waals surface area contributed by atoms with Crippen LogP contribution in [0.3, 0.4) is 0 Å². The van der Waals surface area contributed by atoms with Gasteiger partial charge in [-0.2, -0.15) is 15.0 Å². The van der Waals surface area contributed by atoms with E-state index in [9.17, 15) is 10.1 Å². The molecule has 1 N–H and O–H groups in total. The molecular formula is C23H19N5O3. The molecule has 0 aliphatic rings. The first-order valence-corrected chi connectivity index (χ1v) is 9.44. The highest BCUT2D eigenvalue weighted by Crippen LogP contribution is 2.29. The van der Waals surface area contributed by atoms with Crippen LogP contribution in [0.2, 0.25) is 0 Å². The molecule has 0 bridgehead atoms. The van der Waals surface area contributed by atoms with Crippen LogP contribution >= 0.6 is 0 Å². The monoisotopic (exact) mass is 413 g/mol. The van der Waals surface area contributed by atoms with Crippen LogP contribution in [0.5, 0.6) is 11.5 Å². The fraction of sp³-hybridized carbons (Fsp3) is 0.130. The molecule has 4 rings (SSSR count). The standard InChI is InChI=1S/C23H19N5O3/c1-14-11-20(26-21-18(14)5-4-6-19(21)31-3)28-22(16(12-24)13-25-28)27-23(29)15-7-9-17(30-2)10-8-15/h4-11,13H,1-3H3,(H,27,29). The number of ether oxygens (including phenoxy) is 2. The summed E-state index contributed by atoms with van der Waals surface area (Å²) in [6.45, 7) is 1.96. The maximum Gasteiger partial charge on any atom is 0.256 e. The van der Waals surface area contributed by atoms with Gasteiger partial charge in [-0.25, -0.2) is 4.98 Å². The van der Waals surface area contributed by atoms with Gasteiger partial charge < -0.3 is 14.8 Å². The maximum atomic E-state index is 12.8. The number of benzene rings is 2. The minimum absolute atomic E-state index is 0.224. The van der Waals surface area contributed by atoms with Crippen molar-refractivity contribution in [2.24, 2.45) is 0 Å². The first kappa shape index (κ1) is 19.9. The highest BCUT2D eigenvalue weighted by atomic mass is 16.5. The summed E-state index contributed by atoms with van der Waals surface area (Å²) in [4.78, 5) is 17.5. The number of methoxy groups -OCH3 is 2. The van der Waals surface area contributed by atoms with E-state index in [2.05, 4.69) is 21.5 Å². The van der Waals surface area contributed by atoms with Gasteiger partial charge in [0, 0.05) is 10.9 Å². The molecule has 4 aromatic rings. The van der Waals surface area contributed by atoms with E-state index in [-0.39, 0.29) is 17.3 Å². The molecule has 2 aromatic carbocycles. The zero-order valence-electron chi connectivity index (χ0n) is 17.2. The predicted molar refractivity (Wildman–Crippen MR) is 116 cm³/mol. The summed E-state index contributed by atoms with van der Waals surface area (Å²) in [5.74, 6) is 1.59. The predicted octanol–water partition coefficient (Wildman–Crippen LogP) is 3.87. The molecular weight excluding hydrogens is 394 g/mol. The summed E-state index contributed by atoms with van der Waals surface area (Å²) in [7, 11) is 3.14. The number of hydrogen-bond donors (Lipinski definition) is 1. The maximum absolute atomic E-state index is 12.8. The number of nitrogens with zero attached hydrogens (tertiary/aromatic N) is 4. The van der Waals surface area contributed by atoms with Crippen LogP contribution in [0.15, 0.2) is 54.7 Å². The molecule has 1 amide bonds. The number of anilines is 1. The van der Waals surface area contributed by atoms with Gasteiger partial charge in [0.1, 0.15) is 28.6 Å². The topological polar surface area (TPSA) is 102 Å². The van der Waals surface area contributed by atoms with Crippen molar-refractivity contribution in [1.29, 1.82) is 5.26 Å². The average molecular weight is 413 g/mol. The first-order chi connectivity index (χ1) is 15.0. The fourth-order valence-electron chi connectivity index (χ4n) is 3.29. The lowest BCUT2D eigenvalue weighted by molar-refractivity contribution is 0.102. The number of aromatic nitrogens is 3. The lowest BCUT2D eigenvalue weighted by Crippen LogP contribution is -2.16. The van der Waals surface area contributed by atoms with Crippen molar-refractivity contribution in [3.63, 3.8) is 0 Å². The Kier molecular flexibility index (Phi) is 5.24. The Labute approximate surface area is 178 Å². The highest BCUT2D eigenvalue weighted by Gasteiger charge is 2.18. The van der Waals surface area contributed by atoms with E-state index in [0.29, 0.717) is 28.4 Å². The van der Waals surface area contributed by atoms with Crippen molar-refractivity contribution in [3.8, 4) is 23.4 Å². The van der Waals surface area contributed by atoms with Gasteiger partial charge in [-0.1, -0.05) is 12.1 Å². The number of hydrogen-bond acceptors (Lipinski definition) is 6. The van der Waals surface area contributed by atoms with Gasteiger partial charge in [-0.05, 0) is 48.9 Å². The van der Waals surface area contributed by atoms with Crippen LogP contribution in [0.4, 0.5) is 5.82 Å². The Morgan fingerprint density at radius 1 is 1.13 bits per heavy atom. The number of nitriles is 1. The summed E-state index contributed by atoms with van der Waals surface area (Å²) in [5.41, 5.74) is 2.27. The van der Waals surface area contributed by atoms with E-state index in [1.165, 1.54) is 10.9 Å². The van der Waals surface area contributed by atoms with E-state index >= 15 is 0 Å². The van der Waals surface area contributed by atoms with Gasteiger partial charge in [0.2, 0.25) is 0 Å². The van der Waals surface area contributed by atoms with E-state index < -0.39 is 0 Å². The van der Waals surface area contributed by atoms with E-state index in [1.54, 1.807) is 38.5 Å². The molecule has 0 unspecified atom stereocenters. The van der Waals surface area contributed by atoms with Crippen molar-refractivity contribution in [2.75, 3.05) is 19.5 Å². The minimum atomic E-state index is -0.379. The zero-order chi connectivity index (χ0) is 22.0. The summed E-state index contributed by atoms with van der Waals surface area (Å²) in [6.07, 6.45) is 1.40. The normalized spacial score (nSPS) is 10.5. The average Bonchev–Trinajstić information content (AvgIpc) is 3.21. The molecule has 0 fully saturated rings. The SMILES string of the molecule is COc1ccc(C(=O)Nc2c(C#N)cnn2-c2cc(C)c3cccc(OC)c3n2)cc1. The van der Waals surface area contributed by atoms with Gasteiger partial charge in [0.05, 0.1) is 20.4 Å². The Balaban J connectivity index is 1.78. The summed E-state index contributed by atoms with van der Waals surface area (Å²) in [5, 5.41) is 17.5. The number of aryl methyl sites for hydroxylation is 1. The van der Waals surface area contributed by atoms with Gasteiger partial charge in [0.15, 0.2) is 11.6 Å². The molecule has 31 heavy (non-hydrogen) atoms. The number of amides is 1. The summed E-state index contributed by atoms with van der Waals surface area (Å²) >= 11 is 0. The third kappa shape index (κ3) is 3.65. The Morgan fingerprint density at radius 2 is 1.90 bits per heavy atom. The number of carbonyl (C=O) groups excluding carboxylic acids is 1. The number of carbonyl (C=O) groups is 1. The molecule has 8 nitrogen and oxygen atoms in total. The molecule has 2 heterocycles. The molecule has 0 saturated carbocycles. The van der Waals surface area contributed by atoms with Crippen molar-refractivity contribution in [1.82, 2.24) is 14.8 Å². The number of nitrogens with one attached hydrogen (secondary N) is 1. The van der Waals surface area contributed by atoms with Gasteiger partial charge in [-0.3, -0.25) is 4.79 Å². The lowest BCUT2D eigenvalue weighted by Gasteiger charge is -2.12. The zero-order valence-corrected chi connectivity index (χ0v) is 17.2. The van der Waals surface area contributed by atoms with E-state index in [4.69, 9.17) is 9.47 Å². The lowest BCUT2D eigenvalue weighted by atomic mass is 10.1. The third-order valence-corrected chi connectivity index (χ3v) is 4.91. The highest BCUT2D eigenvalue weighted by molar-refractivity contribution is 6.04. The second-order valence-electron chi connectivity index (χ2n) is 6.77. The van der Waals surface area contributed by atoms with Gasteiger partial charge >= 0.3 is 0 Å².